The minimum atomic E-state index is 0.321. The van der Waals surface area contributed by atoms with E-state index in [1.54, 1.807) is 0 Å². The number of aliphatic hydroxyl groups is 1. The lowest BCUT2D eigenvalue weighted by Gasteiger charge is -2.09. The highest BCUT2D eigenvalue weighted by molar-refractivity contribution is 5.94. The van der Waals surface area contributed by atoms with E-state index < -0.39 is 0 Å². The number of unbranched alkanes of at least 4 members (excludes halogenated alkanes) is 9. The topological polar surface area (TPSA) is 86.8 Å². The van der Waals surface area contributed by atoms with E-state index in [4.69, 9.17) is 19.8 Å². The van der Waals surface area contributed by atoms with E-state index in [0.717, 1.165) is 87.4 Å². The predicted octanol–water partition coefficient (Wildman–Crippen LogP) is 9.59. The lowest BCUT2D eigenvalue weighted by atomic mass is 10.1. The fraction of sp³-hybridized carbons (Fsp3) is 0.316. The Morgan fingerprint density at radius 2 is 1.07 bits per heavy atom. The van der Waals surface area contributed by atoms with Gasteiger partial charge >= 0.3 is 0 Å². The number of nitrogens with one attached hydrogen (secondary N) is 2. The molecule has 3 aromatic heterocycles. The van der Waals surface area contributed by atoms with Crippen LogP contribution in [0.15, 0.2) is 66.7 Å². The highest BCUT2D eigenvalue weighted by Gasteiger charge is 2.16. The van der Waals surface area contributed by atoms with Crippen LogP contribution >= 0.6 is 0 Å². The van der Waals surface area contributed by atoms with Crippen LogP contribution < -0.4 is 4.74 Å². The zero-order valence-corrected chi connectivity index (χ0v) is 25.4. The van der Waals surface area contributed by atoms with Gasteiger partial charge in [-0.3, -0.25) is 0 Å². The average Bonchev–Trinajstić information content (AvgIpc) is 3.84. The van der Waals surface area contributed by atoms with Crippen molar-refractivity contribution >= 4 is 46.4 Å². The van der Waals surface area contributed by atoms with E-state index in [0.29, 0.717) is 13.2 Å². The van der Waals surface area contributed by atoms with Gasteiger partial charge < -0.3 is 19.8 Å². The van der Waals surface area contributed by atoms with Crippen LogP contribution in [0, 0.1) is 0 Å². The molecule has 0 amide bonds. The number of fused-ring (bicyclic) bond motifs is 8. The molecule has 0 aliphatic carbocycles. The minimum absolute atomic E-state index is 0.321. The van der Waals surface area contributed by atoms with Gasteiger partial charge in [-0.05, 0) is 79.1 Å². The van der Waals surface area contributed by atoms with Gasteiger partial charge in [-0.15, -0.1) is 0 Å². The molecule has 8 bridgehead atoms. The number of rotatable bonds is 14. The van der Waals surface area contributed by atoms with Crippen LogP contribution in [0.5, 0.6) is 5.75 Å². The van der Waals surface area contributed by atoms with Gasteiger partial charge in [-0.1, -0.05) is 81.7 Å². The number of aromatic nitrogens is 4. The van der Waals surface area contributed by atoms with Crippen LogP contribution in [0.1, 0.15) is 87.0 Å². The molecule has 44 heavy (non-hydrogen) atoms. The summed E-state index contributed by atoms with van der Waals surface area (Å²) >= 11 is 0. The zero-order valence-electron chi connectivity index (χ0n) is 25.4. The third-order valence-corrected chi connectivity index (χ3v) is 8.16. The van der Waals surface area contributed by atoms with Crippen molar-refractivity contribution in [2.45, 2.75) is 64.2 Å². The average molecular weight is 587 g/mol. The van der Waals surface area contributed by atoms with Crippen LogP contribution in [-0.2, 0) is 0 Å². The Balaban J connectivity index is 1.28. The Kier molecular flexibility index (Phi) is 10.0. The molecule has 6 nitrogen and oxygen atoms in total. The summed E-state index contributed by atoms with van der Waals surface area (Å²) in [7, 11) is 0. The van der Waals surface area contributed by atoms with Gasteiger partial charge in [0.15, 0.2) is 5.75 Å². The van der Waals surface area contributed by atoms with E-state index in [1.165, 1.54) is 38.5 Å². The summed E-state index contributed by atoms with van der Waals surface area (Å²) in [5.74, 6) is 0.857. The lowest BCUT2D eigenvalue weighted by Crippen LogP contribution is -1.98. The van der Waals surface area contributed by atoms with E-state index in [9.17, 15) is 0 Å². The van der Waals surface area contributed by atoms with E-state index in [1.807, 2.05) is 24.3 Å². The van der Waals surface area contributed by atoms with E-state index in [-0.39, 0.29) is 0 Å². The van der Waals surface area contributed by atoms with Crippen molar-refractivity contribution < 1.29 is 9.84 Å². The molecule has 0 saturated heterocycles. The molecule has 0 fully saturated rings. The lowest BCUT2D eigenvalue weighted by molar-refractivity contribution is 0.282. The molecule has 0 unspecified atom stereocenters. The second-order valence-corrected chi connectivity index (χ2v) is 11.7. The van der Waals surface area contributed by atoms with Crippen LogP contribution in [0.25, 0.3) is 57.5 Å². The first-order valence-corrected chi connectivity index (χ1v) is 16.2. The number of aliphatic hydroxyl groups excluding tert-OH is 1. The Hall–Kier alpha value is -4.42. The molecule has 5 heterocycles. The molecule has 4 aromatic rings. The first kappa shape index (κ1) is 29.6. The Bertz CT molecular complexity index is 1760. The van der Waals surface area contributed by atoms with Crippen molar-refractivity contribution in [2.24, 2.45) is 0 Å². The minimum Gasteiger partial charge on any atom is -0.491 e. The molecular formula is C38H42N4O2. The second kappa shape index (κ2) is 14.8. The zero-order chi connectivity index (χ0) is 30.0. The van der Waals surface area contributed by atoms with Gasteiger partial charge in [0, 0.05) is 23.2 Å². The highest BCUT2D eigenvalue weighted by atomic mass is 16.5. The molecule has 226 valence electrons. The van der Waals surface area contributed by atoms with Gasteiger partial charge in [-0.25, -0.2) is 9.97 Å². The molecule has 6 rings (SSSR count). The van der Waals surface area contributed by atoms with Gasteiger partial charge in [0.05, 0.1) is 40.4 Å². The number of ether oxygens (including phenoxy) is 1. The molecule has 2 aliphatic rings. The molecule has 0 radical (unpaired) electrons. The maximum absolute atomic E-state index is 8.92. The van der Waals surface area contributed by atoms with Crippen LogP contribution in [0.4, 0.5) is 0 Å². The third kappa shape index (κ3) is 7.74. The van der Waals surface area contributed by atoms with Gasteiger partial charge in [0.1, 0.15) is 0 Å². The summed E-state index contributed by atoms with van der Waals surface area (Å²) in [6.07, 6.45) is 20.1. The summed E-state index contributed by atoms with van der Waals surface area (Å²) in [6.45, 7) is 0.983. The number of nitrogens with zero attached hydrogens (tertiary/aromatic N) is 2. The Labute approximate surface area is 259 Å². The quantitative estimate of drug-likeness (QED) is 0.111. The monoisotopic (exact) mass is 586 g/mol. The predicted molar refractivity (Wildman–Crippen MR) is 183 cm³/mol. The third-order valence-electron chi connectivity index (χ3n) is 8.16. The SMILES string of the molecule is OCCCCCCCCCCCCOc1c(-c2ccccc2)c2cc3nc(cc4ccc(cc5nc(cc1[nH]2)C=C5)[nH]4)C=C3. The molecule has 2 aliphatic heterocycles. The molecule has 0 saturated carbocycles. The number of aromatic amines is 2. The molecular weight excluding hydrogens is 544 g/mol. The summed E-state index contributed by atoms with van der Waals surface area (Å²) in [5, 5.41) is 8.92. The fourth-order valence-electron chi connectivity index (χ4n) is 5.90. The van der Waals surface area contributed by atoms with Crippen molar-refractivity contribution in [1.29, 1.82) is 0 Å². The normalized spacial score (nSPS) is 12.2. The molecule has 0 atom stereocenters. The summed E-state index contributed by atoms with van der Waals surface area (Å²) in [4.78, 5) is 16.9. The Morgan fingerprint density at radius 3 is 1.66 bits per heavy atom. The summed E-state index contributed by atoms with van der Waals surface area (Å²) < 4.78 is 6.64. The fourth-order valence-corrected chi connectivity index (χ4v) is 5.90. The highest BCUT2D eigenvalue weighted by Crippen LogP contribution is 2.39. The first-order valence-electron chi connectivity index (χ1n) is 16.2. The Morgan fingerprint density at radius 1 is 0.545 bits per heavy atom. The number of hydrogen-bond donors (Lipinski definition) is 3. The van der Waals surface area contributed by atoms with E-state index in [2.05, 4.69) is 76.7 Å². The maximum atomic E-state index is 8.92. The smallest absolute Gasteiger partial charge is 0.152 e. The summed E-state index contributed by atoms with van der Waals surface area (Å²) in [5.41, 5.74) is 9.60. The maximum Gasteiger partial charge on any atom is 0.152 e. The van der Waals surface area contributed by atoms with Crippen molar-refractivity contribution in [3.05, 3.63) is 89.5 Å². The van der Waals surface area contributed by atoms with Gasteiger partial charge in [-0.2, -0.15) is 0 Å². The summed E-state index contributed by atoms with van der Waals surface area (Å²) in [6, 6.07) is 22.9. The van der Waals surface area contributed by atoms with Crippen molar-refractivity contribution in [3.8, 4) is 16.9 Å². The van der Waals surface area contributed by atoms with E-state index >= 15 is 0 Å². The number of benzene rings is 1. The molecule has 3 N–H and O–H groups in total. The molecule has 1 aromatic carbocycles. The van der Waals surface area contributed by atoms with Crippen molar-refractivity contribution in [1.82, 2.24) is 19.9 Å². The van der Waals surface area contributed by atoms with Crippen LogP contribution in [0.2, 0.25) is 0 Å². The number of H-pyrrole nitrogens is 2. The van der Waals surface area contributed by atoms with Crippen molar-refractivity contribution in [3.63, 3.8) is 0 Å². The standard InChI is InChI=1S/C38H42N4O2/c43-22-12-7-5-3-1-2-4-6-8-13-23-44-38-36-27-34-21-19-32(41-34)25-30-17-16-29(39-30)24-31-18-20-33(40-31)26-35(42-36)37(38)28-14-10-9-11-15-28/h9-11,14-21,24-27,39,42-43H,1-8,12-13,22-23H2. The van der Waals surface area contributed by atoms with Crippen molar-refractivity contribution in [2.75, 3.05) is 13.2 Å². The van der Waals surface area contributed by atoms with Crippen LogP contribution in [-0.4, -0.2) is 38.3 Å². The first-order chi connectivity index (χ1) is 21.7. The van der Waals surface area contributed by atoms with Crippen LogP contribution in [0.3, 0.4) is 0 Å². The number of hydrogen-bond acceptors (Lipinski definition) is 4. The molecule has 0 spiro atoms. The largest absolute Gasteiger partial charge is 0.491 e. The van der Waals surface area contributed by atoms with Gasteiger partial charge in [0.25, 0.3) is 0 Å². The molecule has 6 heteroatoms. The van der Waals surface area contributed by atoms with Gasteiger partial charge in [0.2, 0.25) is 0 Å². The second-order valence-electron chi connectivity index (χ2n) is 11.7.